The van der Waals surface area contributed by atoms with Crippen molar-refractivity contribution in [1.82, 2.24) is 0 Å². The Labute approximate surface area is 68.3 Å². The van der Waals surface area contributed by atoms with Crippen molar-refractivity contribution in [3.63, 3.8) is 0 Å². The second kappa shape index (κ2) is 5.49. The van der Waals surface area contributed by atoms with Gasteiger partial charge in [0.2, 0.25) is 0 Å². The molecule has 0 saturated heterocycles. The molecule has 0 fully saturated rings. The van der Waals surface area contributed by atoms with Crippen LogP contribution in [0.2, 0.25) is 0 Å². The van der Waals surface area contributed by atoms with Gasteiger partial charge in [0, 0.05) is 0 Å². The summed E-state index contributed by atoms with van der Waals surface area (Å²) in [7, 11) is 0. The lowest BCUT2D eigenvalue weighted by atomic mass is 10.1. The monoisotopic (exact) mass is 147 g/mol. The minimum absolute atomic E-state index is 0.625. The van der Waals surface area contributed by atoms with E-state index < -0.39 is 0 Å². The molecule has 0 heterocycles. The molecule has 0 amide bonds. The normalized spacial score (nSPS) is 12.5. The van der Waals surface area contributed by atoms with Gasteiger partial charge in [-0.1, -0.05) is 31.2 Å². The lowest BCUT2D eigenvalue weighted by Gasteiger charge is -1.93. The zero-order valence-electron chi connectivity index (χ0n) is 7.09. The molecule has 0 unspecified atom stereocenters. The molecule has 0 aromatic carbocycles. The summed E-state index contributed by atoms with van der Waals surface area (Å²) >= 11 is 0. The molecule has 58 valence electrons. The van der Waals surface area contributed by atoms with Crippen LogP contribution in [-0.4, -0.2) is 0 Å². The van der Waals surface area contributed by atoms with Crippen molar-refractivity contribution in [3.05, 3.63) is 36.0 Å². The summed E-state index contributed by atoms with van der Waals surface area (Å²) < 4.78 is 0. The minimum Gasteiger partial charge on any atom is -0.192 e. The third-order valence-corrected chi connectivity index (χ3v) is 1.47. The van der Waals surface area contributed by atoms with Crippen LogP contribution in [0.1, 0.15) is 20.3 Å². The third-order valence-electron chi connectivity index (χ3n) is 1.47. The van der Waals surface area contributed by atoms with Gasteiger partial charge in [0.15, 0.2) is 0 Å². The van der Waals surface area contributed by atoms with Gasteiger partial charge < -0.3 is 0 Å². The average molecular weight is 147 g/mol. The number of rotatable bonds is 3. The molecular formula is C10H13N. The molecule has 0 rings (SSSR count). The number of allylic oxidation sites excluding steroid dienone is 5. The van der Waals surface area contributed by atoms with Crippen LogP contribution in [-0.2, 0) is 0 Å². The van der Waals surface area contributed by atoms with Crippen molar-refractivity contribution >= 4 is 0 Å². The van der Waals surface area contributed by atoms with Crippen molar-refractivity contribution in [1.29, 1.82) is 5.26 Å². The van der Waals surface area contributed by atoms with Gasteiger partial charge in [-0.2, -0.15) is 5.26 Å². The summed E-state index contributed by atoms with van der Waals surface area (Å²) in [6.07, 6.45) is 6.38. The van der Waals surface area contributed by atoms with Crippen molar-refractivity contribution in [2.75, 3.05) is 0 Å². The largest absolute Gasteiger partial charge is 0.192 e. The maximum absolute atomic E-state index is 8.55. The van der Waals surface area contributed by atoms with E-state index in [-0.39, 0.29) is 0 Å². The molecule has 0 N–H and O–H groups in total. The van der Waals surface area contributed by atoms with Crippen LogP contribution in [0.4, 0.5) is 0 Å². The molecule has 1 nitrogen and oxygen atoms in total. The molecule has 11 heavy (non-hydrogen) atoms. The number of hydrogen-bond donors (Lipinski definition) is 0. The Morgan fingerprint density at radius 2 is 2.27 bits per heavy atom. The fraction of sp³-hybridized carbons (Fsp3) is 0.300. The van der Waals surface area contributed by atoms with E-state index in [4.69, 9.17) is 5.26 Å². The second-order valence-corrected chi connectivity index (χ2v) is 2.13. The average Bonchev–Trinajstić information content (AvgIpc) is 2.07. The summed E-state index contributed by atoms with van der Waals surface area (Å²) in [4.78, 5) is 0. The lowest BCUT2D eigenvalue weighted by Crippen LogP contribution is -1.76. The summed E-state index contributed by atoms with van der Waals surface area (Å²) in [5.41, 5.74) is 1.79. The summed E-state index contributed by atoms with van der Waals surface area (Å²) in [6.45, 7) is 7.56. The van der Waals surface area contributed by atoms with Crippen molar-refractivity contribution in [3.8, 4) is 6.07 Å². The number of nitriles is 1. The highest BCUT2D eigenvalue weighted by Gasteiger charge is 1.89. The van der Waals surface area contributed by atoms with Gasteiger partial charge in [-0.3, -0.25) is 0 Å². The van der Waals surface area contributed by atoms with Crippen LogP contribution in [0, 0.1) is 11.3 Å². The van der Waals surface area contributed by atoms with E-state index in [2.05, 4.69) is 19.6 Å². The zero-order valence-corrected chi connectivity index (χ0v) is 7.09. The molecule has 0 aromatic rings. The van der Waals surface area contributed by atoms with Gasteiger partial charge in [-0.25, -0.2) is 0 Å². The Hall–Kier alpha value is -1.29. The highest BCUT2D eigenvalue weighted by Crippen LogP contribution is 2.06. The SMILES string of the molecule is C=C/C(C#N)=C\C(=C/C)CC. The Bertz CT molecular complexity index is 226. The van der Waals surface area contributed by atoms with E-state index in [0.29, 0.717) is 5.57 Å². The third kappa shape index (κ3) is 3.42. The molecule has 1 heteroatoms. The molecular weight excluding hydrogens is 134 g/mol. The standard InChI is InChI=1S/C10H13N/c1-4-9(5-2)7-10(6-3)8-11/h4,6-7H,3,5H2,1-2H3/b9-4-,10-7+. The summed E-state index contributed by atoms with van der Waals surface area (Å²) in [6, 6.07) is 2.05. The van der Waals surface area contributed by atoms with Crippen molar-refractivity contribution in [2.24, 2.45) is 0 Å². The van der Waals surface area contributed by atoms with Gasteiger partial charge in [0.1, 0.15) is 0 Å². The fourth-order valence-corrected chi connectivity index (χ4v) is 0.726. The summed E-state index contributed by atoms with van der Waals surface area (Å²) in [5.74, 6) is 0. The van der Waals surface area contributed by atoms with Crippen LogP contribution in [0.15, 0.2) is 36.0 Å². The van der Waals surface area contributed by atoms with Crippen LogP contribution in [0.3, 0.4) is 0 Å². The summed E-state index contributed by atoms with van der Waals surface area (Å²) in [5, 5.41) is 8.55. The quantitative estimate of drug-likeness (QED) is 0.444. The van der Waals surface area contributed by atoms with Crippen LogP contribution >= 0.6 is 0 Å². The topological polar surface area (TPSA) is 23.8 Å². The number of hydrogen-bond acceptors (Lipinski definition) is 1. The predicted molar refractivity (Wildman–Crippen MR) is 47.9 cm³/mol. The first kappa shape index (κ1) is 9.71. The van der Waals surface area contributed by atoms with Gasteiger partial charge >= 0.3 is 0 Å². The molecule has 0 aliphatic heterocycles. The van der Waals surface area contributed by atoms with Crippen LogP contribution in [0.25, 0.3) is 0 Å². The van der Waals surface area contributed by atoms with Gasteiger partial charge in [0.25, 0.3) is 0 Å². The zero-order chi connectivity index (χ0) is 8.69. The van der Waals surface area contributed by atoms with Crippen molar-refractivity contribution in [2.45, 2.75) is 20.3 Å². The second-order valence-electron chi connectivity index (χ2n) is 2.13. The Balaban J connectivity index is 4.52. The molecule has 0 saturated carbocycles. The minimum atomic E-state index is 0.625. The van der Waals surface area contributed by atoms with Crippen molar-refractivity contribution < 1.29 is 0 Å². The van der Waals surface area contributed by atoms with Gasteiger partial charge in [0.05, 0.1) is 11.6 Å². The predicted octanol–water partition coefficient (Wildman–Crippen LogP) is 2.98. The van der Waals surface area contributed by atoms with E-state index in [9.17, 15) is 0 Å². The Morgan fingerprint density at radius 1 is 1.64 bits per heavy atom. The van der Waals surface area contributed by atoms with Crippen LogP contribution < -0.4 is 0 Å². The molecule has 0 radical (unpaired) electrons. The highest BCUT2D eigenvalue weighted by molar-refractivity contribution is 5.38. The maximum atomic E-state index is 8.55. The first-order chi connectivity index (χ1) is 5.28. The Morgan fingerprint density at radius 3 is 2.55 bits per heavy atom. The first-order valence-corrected chi connectivity index (χ1v) is 3.67. The molecule has 0 atom stereocenters. The molecule has 0 aromatic heterocycles. The fourth-order valence-electron chi connectivity index (χ4n) is 0.726. The molecule has 0 aliphatic rings. The Kier molecular flexibility index (Phi) is 4.85. The van der Waals surface area contributed by atoms with Crippen LogP contribution in [0.5, 0.6) is 0 Å². The van der Waals surface area contributed by atoms with E-state index in [1.807, 2.05) is 19.1 Å². The molecule has 0 aliphatic carbocycles. The smallest absolute Gasteiger partial charge is 0.0991 e. The maximum Gasteiger partial charge on any atom is 0.0991 e. The molecule has 0 bridgehead atoms. The molecule has 0 spiro atoms. The van der Waals surface area contributed by atoms with E-state index >= 15 is 0 Å². The first-order valence-electron chi connectivity index (χ1n) is 3.67. The van der Waals surface area contributed by atoms with E-state index in [1.165, 1.54) is 5.57 Å². The van der Waals surface area contributed by atoms with Gasteiger partial charge in [-0.05, 0) is 19.4 Å². The van der Waals surface area contributed by atoms with E-state index in [0.717, 1.165) is 6.42 Å². The van der Waals surface area contributed by atoms with E-state index in [1.54, 1.807) is 6.08 Å². The highest BCUT2D eigenvalue weighted by atomic mass is 14.2. The van der Waals surface area contributed by atoms with Gasteiger partial charge in [-0.15, -0.1) is 0 Å². The lowest BCUT2D eigenvalue weighted by molar-refractivity contribution is 1.14. The number of nitrogens with zero attached hydrogens (tertiary/aromatic N) is 1.